The van der Waals surface area contributed by atoms with Gasteiger partial charge in [0.2, 0.25) is 10.0 Å². The van der Waals surface area contributed by atoms with Crippen LogP contribution in [0.4, 0.5) is 0 Å². The zero-order valence-corrected chi connectivity index (χ0v) is 15.2. The molecule has 9 heteroatoms. The number of benzene rings is 1. The van der Waals surface area contributed by atoms with E-state index in [9.17, 15) is 8.42 Å². The van der Waals surface area contributed by atoms with Crippen LogP contribution >= 0.6 is 35.6 Å². The summed E-state index contributed by atoms with van der Waals surface area (Å²) in [5, 5.41) is 0.282. The number of hydrogen-bond donors (Lipinski definition) is 2. The van der Waals surface area contributed by atoms with Gasteiger partial charge in [-0.3, -0.25) is 0 Å². The monoisotopic (exact) mass is 388 g/mol. The van der Waals surface area contributed by atoms with E-state index in [0.29, 0.717) is 5.75 Å². The Morgan fingerprint density at radius 2 is 1.77 bits per heavy atom. The molecule has 0 aliphatic heterocycles. The topological polar surface area (TPSA) is 81.4 Å². The van der Waals surface area contributed by atoms with Gasteiger partial charge in [-0.25, -0.2) is 13.1 Å². The summed E-state index contributed by atoms with van der Waals surface area (Å²) in [6, 6.07) is 2.74. The average Bonchev–Trinajstić information content (AvgIpc) is 2.43. The molecule has 0 saturated heterocycles. The van der Waals surface area contributed by atoms with E-state index in [1.54, 1.807) is 0 Å². The summed E-state index contributed by atoms with van der Waals surface area (Å²) in [4.78, 5) is -0.0372. The number of nitrogens with two attached hydrogens (primary N) is 1. The average molecular weight is 390 g/mol. The molecule has 126 valence electrons. The Balaban J connectivity index is 0.00000242. The zero-order valence-electron chi connectivity index (χ0n) is 12.0. The van der Waals surface area contributed by atoms with Crippen molar-refractivity contribution in [2.24, 2.45) is 5.73 Å². The molecule has 0 radical (unpaired) electrons. The summed E-state index contributed by atoms with van der Waals surface area (Å²) in [6.45, 7) is 0. The minimum absolute atomic E-state index is 0. The molecule has 22 heavy (non-hydrogen) atoms. The first-order valence-corrected chi connectivity index (χ1v) is 8.88. The maximum atomic E-state index is 12.4. The Morgan fingerprint density at radius 1 is 1.18 bits per heavy atom. The minimum atomic E-state index is -3.72. The van der Waals surface area contributed by atoms with Gasteiger partial charge in [-0.05, 0) is 31.7 Å². The Kier molecular flexibility index (Phi) is 7.23. The number of nitrogens with one attached hydrogen (secondary N) is 1. The fourth-order valence-corrected chi connectivity index (χ4v) is 4.55. The molecule has 0 amide bonds. The van der Waals surface area contributed by atoms with Crippen LogP contribution in [0, 0.1) is 0 Å². The second kappa shape index (κ2) is 8.04. The molecule has 0 atom stereocenters. The third-order valence-electron chi connectivity index (χ3n) is 3.59. The van der Waals surface area contributed by atoms with Crippen molar-refractivity contribution in [3.05, 3.63) is 22.2 Å². The normalized spacial score (nSPS) is 22.0. The first kappa shape index (κ1) is 19.8. The third-order valence-corrected chi connectivity index (χ3v) is 5.87. The van der Waals surface area contributed by atoms with Gasteiger partial charge in [0.15, 0.2) is 0 Å². The van der Waals surface area contributed by atoms with Gasteiger partial charge >= 0.3 is 0 Å². The molecule has 5 nitrogen and oxygen atoms in total. The molecule has 0 aromatic heterocycles. The molecule has 1 saturated carbocycles. The van der Waals surface area contributed by atoms with E-state index in [2.05, 4.69) is 4.72 Å². The maximum absolute atomic E-state index is 12.4. The van der Waals surface area contributed by atoms with E-state index in [0.717, 1.165) is 25.7 Å². The first-order chi connectivity index (χ1) is 9.83. The standard InChI is InChI=1S/C13H18Cl2N2O3S.ClH/c1-20-12-6-11(15)13(7-10(12)14)21(18,19)17-9-4-2-8(16)3-5-9;/h6-9,17H,2-5,16H2,1H3;1H. The van der Waals surface area contributed by atoms with Crippen molar-refractivity contribution in [2.45, 2.75) is 42.7 Å². The maximum Gasteiger partial charge on any atom is 0.242 e. The smallest absolute Gasteiger partial charge is 0.242 e. The number of ether oxygens (including phenoxy) is 1. The van der Waals surface area contributed by atoms with Crippen LogP contribution in [-0.4, -0.2) is 27.6 Å². The van der Waals surface area contributed by atoms with Crippen LogP contribution in [0.5, 0.6) is 5.75 Å². The molecule has 0 unspecified atom stereocenters. The summed E-state index contributed by atoms with van der Waals surface area (Å²) >= 11 is 12.0. The Morgan fingerprint density at radius 3 is 2.32 bits per heavy atom. The van der Waals surface area contributed by atoms with Crippen molar-refractivity contribution in [1.82, 2.24) is 4.72 Å². The Bertz CT molecular complexity index is 617. The molecule has 0 bridgehead atoms. The van der Waals surface area contributed by atoms with Crippen LogP contribution in [0.1, 0.15) is 25.7 Å². The summed E-state index contributed by atoms with van der Waals surface area (Å²) in [5.74, 6) is 0.337. The fraction of sp³-hybridized carbons (Fsp3) is 0.538. The van der Waals surface area contributed by atoms with Crippen LogP contribution in [-0.2, 0) is 10.0 Å². The highest BCUT2D eigenvalue weighted by Crippen LogP contribution is 2.33. The van der Waals surface area contributed by atoms with Gasteiger partial charge in [-0.1, -0.05) is 23.2 Å². The number of rotatable bonds is 4. The van der Waals surface area contributed by atoms with Crippen LogP contribution in [0.3, 0.4) is 0 Å². The Hall–Kier alpha value is -0.240. The molecule has 1 aromatic carbocycles. The molecule has 0 heterocycles. The van der Waals surface area contributed by atoms with Crippen molar-refractivity contribution < 1.29 is 13.2 Å². The molecule has 1 aliphatic rings. The fourth-order valence-electron chi connectivity index (χ4n) is 2.39. The van der Waals surface area contributed by atoms with E-state index >= 15 is 0 Å². The third kappa shape index (κ3) is 4.63. The molecule has 0 spiro atoms. The van der Waals surface area contributed by atoms with E-state index in [1.165, 1.54) is 19.2 Å². The van der Waals surface area contributed by atoms with E-state index in [-0.39, 0.29) is 39.4 Å². The molecule has 3 N–H and O–H groups in total. The van der Waals surface area contributed by atoms with Gasteiger partial charge in [0, 0.05) is 18.2 Å². The largest absolute Gasteiger partial charge is 0.495 e. The summed E-state index contributed by atoms with van der Waals surface area (Å²) in [5.41, 5.74) is 5.82. The summed E-state index contributed by atoms with van der Waals surface area (Å²) in [7, 11) is -2.28. The highest BCUT2D eigenvalue weighted by Gasteiger charge is 2.26. The van der Waals surface area contributed by atoms with Gasteiger partial charge < -0.3 is 10.5 Å². The number of sulfonamides is 1. The Labute approximate surface area is 147 Å². The molecule has 2 rings (SSSR count). The van der Waals surface area contributed by atoms with Crippen molar-refractivity contribution in [1.29, 1.82) is 0 Å². The molecule has 1 fully saturated rings. The predicted octanol–water partition coefficient (Wildman–Crippen LogP) is 2.97. The second-order valence-electron chi connectivity index (χ2n) is 5.15. The van der Waals surface area contributed by atoms with Crippen molar-refractivity contribution in [2.75, 3.05) is 7.11 Å². The summed E-state index contributed by atoms with van der Waals surface area (Å²) < 4.78 is 32.5. The molecular weight excluding hydrogens is 371 g/mol. The number of methoxy groups -OCH3 is 1. The van der Waals surface area contributed by atoms with Crippen molar-refractivity contribution in [3.63, 3.8) is 0 Å². The molecular formula is C13H19Cl3N2O3S. The highest BCUT2D eigenvalue weighted by atomic mass is 35.5. The second-order valence-corrected chi connectivity index (χ2v) is 7.65. The molecule has 1 aromatic rings. The lowest BCUT2D eigenvalue weighted by atomic mass is 9.93. The summed E-state index contributed by atoms with van der Waals surface area (Å²) in [6.07, 6.45) is 3.07. The van der Waals surface area contributed by atoms with Crippen LogP contribution < -0.4 is 15.2 Å². The minimum Gasteiger partial charge on any atom is -0.495 e. The number of halogens is 3. The van der Waals surface area contributed by atoms with Gasteiger partial charge in [0.05, 0.1) is 17.2 Å². The number of hydrogen-bond acceptors (Lipinski definition) is 4. The van der Waals surface area contributed by atoms with Gasteiger partial charge in [0.25, 0.3) is 0 Å². The van der Waals surface area contributed by atoms with Gasteiger partial charge in [0.1, 0.15) is 10.6 Å². The van der Waals surface area contributed by atoms with E-state index in [4.69, 9.17) is 33.7 Å². The van der Waals surface area contributed by atoms with Crippen molar-refractivity contribution >= 4 is 45.6 Å². The van der Waals surface area contributed by atoms with Crippen LogP contribution in [0.25, 0.3) is 0 Å². The van der Waals surface area contributed by atoms with Crippen LogP contribution in [0.2, 0.25) is 10.0 Å². The first-order valence-electron chi connectivity index (χ1n) is 6.64. The van der Waals surface area contributed by atoms with Gasteiger partial charge in [-0.2, -0.15) is 0 Å². The molecule has 1 aliphatic carbocycles. The predicted molar refractivity (Wildman–Crippen MR) is 90.8 cm³/mol. The lowest BCUT2D eigenvalue weighted by Crippen LogP contribution is -2.40. The van der Waals surface area contributed by atoms with Gasteiger partial charge in [-0.15, -0.1) is 12.4 Å². The quantitative estimate of drug-likeness (QED) is 0.829. The zero-order chi connectivity index (χ0) is 15.6. The SMILES string of the molecule is COc1cc(Cl)c(S(=O)(=O)NC2CCC(N)CC2)cc1Cl.Cl. The van der Waals surface area contributed by atoms with E-state index < -0.39 is 10.0 Å². The highest BCUT2D eigenvalue weighted by molar-refractivity contribution is 7.89. The van der Waals surface area contributed by atoms with E-state index in [1.807, 2.05) is 0 Å². The van der Waals surface area contributed by atoms with Crippen molar-refractivity contribution in [3.8, 4) is 5.75 Å². The lowest BCUT2D eigenvalue weighted by molar-refractivity contribution is 0.373. The van der Waals surface area contributed by atoms with Crippen LogP contribution in [0.15, 0.2) is 17.0 Å². The lowest BCUT2D eigenvalue weighted by Gasteiger charge is -2.26.